The zero-order valence-electron chi connectivity index (χ0n) is 21.0. The van der Waals surface area contributed by atoms with Gasteiger partial charge in [-0.1, -0.05) is 16.8 Å². The van der Waals surface area contributed by atoms with Gasteiger partial charge in [-0.15, -0.1) is 16.4 Å². The SMILES string of the molecule is CC(C)N1CCC(NC(=O)Oc2cc(C(=O)N3CCCC3)n(Cc3cc(-c4ccc(Cl)s4)on3)n2)CC1. The van der Waals surface area contributed by atoms with E-state index in [9.17, 15) is 9.59 Å². The summed E-state index contributed by atoms with van der Waals surface area (Å²) in [7, 11) is 0. The smallest absolute Gasteiger partial charge is 0.390 e. The molecular formula is C25H31ClN6O4S. The normalized spacial score (nSPS) is 17.0. The molecule has 10 nitrogen and oxygen atoms in total. The predicted molar refractivity (Wildman–Crippen MR) is 140 cm³/mol. The predicted octanol–water partition coefficient (Wildman–Crippen LogP) is 4.50. The van der Waals surface area contributed by atoms with E-state index in [0.717, 1.165) is 43.6 Å². The zero-order chi connectivity index (χ0) is 25.9. The highest BCUT2D eigenvalue weighted by Gasteiger charge is 2.27. The van der Waals surface area contributed by atoms with Crippen molar-refractivity contribution in [2.45, 2.75) is 58.2 Å². The van der Waals surface area contributed by atoms with Crippen LogP contribution in [0.25, 0.3) is 10.6 Å². The maximum absolute atomic E-state index is 13.2. The molecule has 0 atom stereocenters. The molecule has 2 saturated heterocycles. The third kappa shape index (κ3) is 6.16. The van der Waals surface area contributed by atoms with Gasteiger partial charge in [0.2, 0.25) is 5.88 Å². The van der Waals surface area contributed by atoms with Crippen molar-refractivity contribution in [2.75, 3.05) is 26.2 Å². The van der Waals surface area contributed by atoms with E-state index in [1.54, 1.807) is 17.0 Å². The summed E-state index contributed by atoms with van der Waals surface area (Å²) in [5.74, 6) is 0.523. The lowest BCUT2D eigenvalue weighted by Crippen LogP contribution is -2.47. The first-order valence-electron chi connectivity index (χ1n) is 12.7. The summed E-state index contributed by atoms with van der Waals surface area (Å²) >= 11 is 7.43. The molecule has 0 saturated carbocycles. The van der Waals surface area contributed by atoms with Gasteiger partial charge in [0.1, 0.15) is 11.4 Å². The fraction of sp³-hybridized carbons (Fsp3) is 0.520. The van der Waals surface area contributed by atoms with E-state index in [4.69, 9.17) is 20.9 Å². The number of carbonyl (C=O) groups excluding carboxylic acids is 2. The van der Waals surface area contributed by atoms with Gasteiger partial charge in [0.05, 0.1) is 15.8 Å². The minimum absolute atomic E-state index is 0.0506. The summed E-state index contributed by atoms with van der Waals surface area (Å²) in [4.78, 5) is 30.9. The second kappa shape index (κ2) is 11.2. The molecule has 12 heteroatoms. The third-order valence-electron chi connectivity index (χ3n) is 6.84. The van der Waals surface area contributed by atoms with Crippen molar-refractivity contribution in [1.82, 2.24) is 30.1 Å². The highest BCUT2D eigenvalue weighted by molar-refractivity contribution is 7.19. The van der Waals surface area contributed by atoms with Crippen LogP contribution in [0.4, 0.5) is 4.79 Å². The molecule has 5 rings (SSSR count). The minimum atomic E-state index is -0.564. The van der Waals surface area contributed by atoms with Crippen LogP contribution in [0, 0.1) is 0 Å². The summed E-state index contributed by atoms with van der Waals surface area (Å²) in [5.41, 5.74) is 0.935. The standard InChI is InChI=1S/C25H31ClN6O4S/c1-16(2)30-11-7-17(8-12-30)27-25(34)35-23-14-19(24(33)31-9-3-4-10-31)32(28-23)15-18-13-20(36-29-18)21-5-6-22(26)37-21/h5-6,13-14,16-17H,3-4,7-12,15H2,1-2H3,(H,27,34). The number of ether oxygens (including phenoxy) is 1. The summed E-state index contributed by atoms with van der Waals surface area (Å²) in [6.07, 6.45) is 3.11. The van der Waals surface area contributed by atoms with E-state index in [-0.39, 0.29) is 24.4 Å². The molecular weight excluding hydrogens is 516 g/mol. The summed E-state index contributed by atoms with van der Waals surface area (Å²) in [5, 5.41) is 11.5. The summed E-state index contributed by atoms with van der Waals surface area (Å²) in [6, 6.07) is 7.53. The number of aromatic nitrogens is 3. The van der Waals surface area contributed by atoms with Crippen LogP contribution in [0.1, 0.15) is 55.7 Å². The number of carbonyl (C=O) groups is 2. The van der Waals surface area contributed by atoms with Crippen LogP contribution < -0.4 is 10.1 Å². The van der Waals surface area contributed by atoms with Gasteiger partial charge in [-0.2, -0.15) is 0 Å². The first-order valence-corrected chi connectivity index (χ1v) is 13.9. The van der Waals surface area contributed by atoms with E-state index >= 15 is 0 Å². The fourth-order valence-corrected chi connectivity index (χ4v) is 5.76. The molecule has 2 amide bonds. The molecule has 2 aliphatic heterocycles. The number of piperidine rings is 1. The van der Waals surface area contributed by atoms with Gasteiger partial charge in [0.25, 0.3) is 5.91 Å². The van der Waals surface area contributed by atoms with E-state index in [1.165, 1.54) is 22.1 Å². The second-order valence-electron chi connectivity index (χ2n) is 9.75. The molecule has 2 fully saturated rings. The van der Waals surface area contributed by atoms with Crippen LogP contribution in [0.3, 0.4) is 0 Å². The Morgan fingerprint density at radius 3 is 2.62 bits per heavy atom. The molecule has 0 radical (unpaired) electrons. The van der Waals surface area contributed by atoms with Crippen LogP contribution in [0.2, 0.25) is 4.34 Å². The number of thiophene rings is 1. The van der Waals surface area contributed by atoms with Gasteiger partial charge in [-0.05, 0) is 51.7 Å². The largest absolute Gasteiger partial charge is 0.414 e. The Kier molecular flexibility index (Phi) is 7.82. The topological polar surface area (TPSA) is 106 Å². The molecule has 2 aliphatic rings. The Hall–Kier alpha value is -2.89. The van der Waals surface area contributed by atoms with E-state index in [0.29, 0.717) is 40.6 Å². The molecule has 37 heavy (non-hydrogen) atoms. The Bertz CT molecular complexity index is 1240. The number of hydrogen-bond acceptors (Lipinski definition) is 8. The average Bonchev–Trinajstić information content (AvgIpc) is 3.67. The fourth-order valence-electron chi connectivity index (χ4n) is 4.77. The number of likely N-dealkylation sites (tertiary alicyclic amines) is 2. The van der Waals surface area contributed by atoms with Gasteiger partial charge < -0.3 is 24.4 Å². The zero-order valence-corrected chi connectivity index (χ0v) is 22.6. The Morgan fingerprint density at radius 1 is 1.19 bits per heavy atom. The number of nitrogens with one attached hydrogen (secondary N) is 1. The van der Waals surface area contributed by atoms with Gasteiger partial charge in [0, 0.05) is 50.4 Å². The number of halogens is 1. The van der Waals surface area contributed by atoms with E-state index < -0.39 is 6.09 Å². The summed E-state index contributed by atoms with van der Waals surface area (Å²) in [6.45, 7) is 7.81. The van der Waals surface area contributed by atoms with Crippen molar-refractivity contribution < 1.29 is 18.8 Å². The highest BCUT2D eigenvalue weighted by Crippen LogP contribution is 2.31. The van der Waals surface area contributed by atoms with Crippen molar-refractivity contribution in [3.63, 3.8) is 0 Å². The van der Waals surface area contributed by atoms with Crippen LogP contribution in [-0.2, 0) is 6.54 Å². The van der Waals surface area contributed by atoms with E-state index in [1.807, 2.05) is 6.07 Å². The number of rotatable bonds is 7. The molecule has 0 bridgehead atoms. The second-order valence-corrected chi connectivity index (χ2v) is 11.5. The summed E-state index contributed by atoms with van der Waals surface area (Å²) < 4.78 is 13.2. The molecule has 0 spiro atoms. The van der Waals surface area contributed by atoms with Crippen molar-refractivity contribution in [2.24, 2.45) is 0 Å². The lowest BCUT2D eigenvalue weighted by atomic mass is 10.0. The Balaban J connectivity index is 1.29. The van der Waals surface area contributed by atoms with Crippen molar-refractivity contribution >= 4 is 34.9 Å². The van der Waals surface area contributed by atoms with Crippen LogP contribution in [-0.4, -0.2) is 75.0 Å². The third-order valence-corrected chi connectivity index (χ3v) is 8.08. The molecule has 1 N–H and O–H groups in total. The molecule has 0 unspecified atom stereocenters. The van der Waals surface area contributed by atoms with Gasteiger partial charge in [-0.3, -0.25) is 4.79 Å². The number of amides is 2. The van der Waals surface area contributed by atoms with E-state index in [2.05, 4.69) is 34.3 Å². The minimum Gasteiger partial charge on any atom is -0.390 e. The monoisotopic (exact) mass is 546 g/mol. The highest BCUT2D eigenvalue weighted by atomic mass is 35.5. The first-order chi connectivity index (χ1) is 17.9. The van der Waals surface area contributed by atoms with Crippen LogP contribution in [0.15, 0.2) is 28.8 Å². The van der Waals surface area contributed by atoms with Crippen molar-refractivity contribution in [1.29, 1.82) is 0 Å². The molecule has 3 aromatic heterocycles. The first kappa shape index (κ1) is 25.7. The quantitative estimate of drug-likeness (QED) is 0.465. The maximum Gasteiger partial charge on any atom is 0.414 e. The van der Waals surface area contributed by atoms with Gasteiger partial charge in [-0.25, -0.2) is 9.48 Å². The van der Waals surface area contributed by atoms with Crippen molar-refractivity contribution in [3.05, 3.63) is 40.0 Å². The van der Waals surface area contributed by atoms with Crippen molar-refractivity contribution in [3.8, 4) is 16.5 Å². The molecule has 198 valence electrons. The van der Waals surface area contributed by atoms with Crippen LogP contribution in [0.5, 0.6) is 5.88 Å². The van der Waals surface area contributed by atoms with Crippen LogP contribution >= 0.6 is 22.9 Å². The number of nitrogens with zero attached hydrogens (tertiary/aromatic N) is 5. The average molecular weight is 547 g/mol. The molecule has 5 heterocycles. The number of hydrogen-bond donors (Lipinski definition) is 1. The molecule has 0 aliphatic carbocycles. The Morgan fingerprint density at radius 2 is 1.95 bits per heavy atom. The van der Waals surface area contributed by atoms with Gasteiger partial charge >= 0.3 is 6.09 Å². The van der Waals surface area contributed by atoms with Gasteiger partial charge in [0.15, 0.2) is 5.76 Å². The molecule has 3 aromatic rings. The maximum atomic E-state index is 13.2. The Labute approximate surface area is 224 Å². The lowest BCUT2D eigenvalue weighted by Gasteiger charge is -2.34. The lowest BCUT2D eigenvalue weighted by molar-refractivity contribution is 0.0780. The molecule has 0 aromatic carbocycles.